The molecule has 2 aromatic heterocycles. The Kier molecular flexibility index (Phi) is 4.40. The molecule has 3 aromatic rings. The van der Waals surface area contributed by atoms with Gasteiger partial charge in [-0.1, -0.05) is 12.1 Å². The number of nitrogen functional groups attached to an aromatic ring is 1. The Morgan fingerprint density at radius 1 is 1.43 bits per heavy atom. The number of anilines is 2. The molecule has 2 heterocycles. The molecule has 28 heavy (non-hydrogen) atoms. The summed E-state index contributed by atoms with van der Waals surface area (Å²) in [5.74, 6) is 0.112. The number of carbonyl (C=O) groups is 1. The van der Waals surface area contributed by atoms with Gasteiger partial charge in [0, 0.05) is 29.5 Å². The molecule has 6 nitrogen and oxygen atoms in total. The highest BCUT2D eigenvalue weighted by atomic mass is 19.1. The van der Waals surface area contributed by atoms with Crippen molar-refractivity contribution in [3.05, 3.63) is 47.9 Å². The first-order chi connectivity index (χ1) is 13.5. The van der Waals surface area contributed by atoms with Crippen LogP contribution in [0.5, 0.6) is 0 Å². The Morgan fingerprint density at radius 2 is 2.25 bits per heavy atom. The summed E-state index contributed by atoms with van der Waals surface area (Å²) >= 11 is 0. The van der Waals surface area contributed by atoms with E-state index in [4.69, 9.17) is 11.0 Å². The van der Waals surface area contributed by atoms with Gasteiger partial charge in [-0.25, -0.2) is 14.4 Å². The molecule has 3 N–H and O–H groups in total. The number of benzene rings is 1. The summed E-state index contributed by atoms with van der Waals surface area (Å²) in [7, 11) is 0. The third-order valence-corrected chi connectivity index (χ3v) is 5.09. The summed E-state index contributed by atoms with van der Waals surface area (Å²) in [5.41, 5.74) is 7.65. The van der Waals surface area contributed by atoms with Crippen LogP contribution in [0.25, 0.3) is 22.0 Å². The second-order valence-corrected chi connectivity index (χ2v) is 7.07. The molecule has 7 heteroatoms. The van der Waals surface area contributed by atoms with Gasteiger partial charge in [0.1, 0.15) is 17.5 Å². The van der Waals surface area contributed by atoms with Crippen LogP contribution in [0.3, 0.4) is 0 Å². The largest absolute Gasteiger partial charge is 0.383 e. The van der Waals surface area contributed by atoms with Crippen molar-refractivity contribution in [3.8, 4) is 17.3 Å². The molecule has 0 unspecified atom stereocenters. The Labute approximate surface area is 161 Å². The molecule has 4 rings (SSSR count). The molecule has 1 fully saturated rings. The van der Waals surface area contributed by atoms with E-state index in [1.54, 1.807) is 24.4 Å². The fourth-order valence-corrected chi connectivity index (χ4v) is 3.46. The third kappa shape index (κ3) is 3.25. The lowest BCUT2D eigenvalue weighted by Gasteiger charge is -2.11. The number of nitrogens with one attached hydrogen (secondary N) is 1. The topological polar surface area (TPSA) is 105 Å². The van der Waals surface area contributed by atoms with Crippen LogP contribution in [0.4, 0.5) is 16.0 Å². The molecule has 0 bridgehead atoms. The van der Waals surface area contributed by atoms with Gasteiger partial charge >= 0.3 is 0 Å². The van der Waals surface area contributed by atoms with Gasteiger partial charge in [0.05, 0.1) is 11.8 Å². The zero-order valence-electron chi connectivity index (χ0n) is 15.2. The van der Waals surface area contributed by atoms with Gasteiger partial charge in [-0.15, -0.1) is 0 Å². The maximum Gasteiger partial charge on any atom is 0.228 e. The monoisotopic (exact) mass is 375 g/mol. The molecule has 140 valence electrons. The number of nitrogens with zero attached hydrogens (tertiary/aromatic N) is 3. The summed E-state index contributed by atoms with van der Waals surface area (Å²) in [6.45, 7) is 1.81. The highest BCUT2D eigenvalue weighted by Crippen LogP contribution is 2.41. The fraction of sp³-hybridized carbons (Fsp3) is 0.238. The number of halogens is 1. The van der Waals surface area contributed by atoms with Crippen LogP contribution in [-0.4, -0.2) is 15.9 Å². The number of hydrogen-bond donors (Lipinski definition) is 2. The molecule has 1 saturated carbocycles. The molecule has 0 radical (unpaired) electrons. The Morgan fingerprint density at radius 3 is 3.00 bits per heavy atom. The smallest absolute Gasteiger partial charge is 0.228 e. The molecule has 1 amide bonds. The van der Waals surface area contributed by atoms with Crippen molar-refractivity contribution in [2.24, 2.45) is 11.8 Å². The second kappa shape index (κ2) is 6.89. The number of nitrogens with two attached hydrogens (primary N) is 1. The normalized spacial score (nSPS) is 17.9. The summed E-state index contributed by atoms with van der Waals surface area (Å²) in [6, 6.07) is 10.4. The van der Waals surface area contributed by atoms with Crippen LogP contribution < -0.4 is 11.1 Å². The number of carbonyl (C=O) groups excluding carboxylic acids is 1. The first-order valence-corrected chi connectivity index (χ1v) is 8.97. The average molecular weight is 375 g/mol. The molecule has 1 aliphatic rings. The second-order valence-electron chi connectivity index (χ2n) is 7.07. The van der Waals surface area contributed by atoms with Gasteiger partial charge < -0.3 is 11.1 Å². The minimum atomic E-state index is -0.369. The van der Waals surface area contributed by atoms with E-state index in [0.29, 0.717) is 34.3 Å². The Bertz CT molecular complexity index is 1120. The van der Waals surface area contributed by atoms with E-state index in [9.17, 15) is 9.18 Å². The van der Waals surface area contributed by atoms with Crippen molar-refractivity contribution in [3.63, 3.8) is 0 Å². The lowest BCUT2D eigenvalue weighted by molar-refractivity contribution is -0.117. The quantitative estimate of drug-likeness (QED) is 0.721. The van der Waals surface area contributed by atoms with Crippen LogP contribution in [-0.2, 0) is 4.79 Å². The summed E-state index contributed by atoms with van der Waals surface area (Å²) < 4.78 is 14.3. The van der Waals surface area contributed by atoms with Crippen molar-refractivity contribution in [1.29, 1.82) is 5.26 Å². The van der Waals surface area contributed by atoms with E-state index < -0.39 is 0 Å². The van der Waals surface area contributed by atoms with Crippen molar-refractivity contribution in [2.45, 2.75) is 19.8 Å². The number of nitriles is 1. The number of fused-ring (bicyclic) bond motifs is 1. The summed E-state index contributed by atoms with van der Waals surface area (Å²) in [4.78, 5) is 20.9. The van der Waals surface area contributed by atoms with Gasteiger partial charge in [-0.2, -0.15) is 5.26 Å². The van der Waals surface area contributed by atoms with Crippen LogP contribution in [0.1, 0.15) is 18.4 Å². The van der Waals surface area contributed by atoms with Crippen LogP contribution in [0.15, 0.2) is 36.5 Å². The highest BCUT2D eigenvalue weighted by Gasteiger charge is 2.42. The average Bonchev–Trinajstić information content (AvgIpc) is 3.41. The summed E-state index contributed by atoms with van der Waals surface area (Å²) in [5, 5.41) is 12.9. The van der Waals surface area contributed by atoms with E-state index in [1.165, 1.54) is 6.07 Å². The van der Waals surface area contributed by atoms with Gasteiger partial charge in [0.2, 0.25) is 5.91 Å². The standard InChI is InChI=1S/C21H18FN5O/c1-11-3-2-4-16(22)19(11)17-8-13-9-18(25-10-15(13)20(24)26-17)27-21(28)14-7-12(14)5-6-23/h2-4,8-10,12,14H,5,7H2,1H3,(H2,24,26)(H,25,27,28)/t12-,14-/m0/s1. The molecule has 1 aromatic carbocycles. The SMILES string of the molecule is Cc1cccc(F)c1-c1cc2cc(NC(=O)[C@H]3C[C@@H]3CC#N)ncc2c(N)n1. The van der Waals surface area contributed by atoms with Crippen LogP contribution >= 0.6 is 0 Å². The van der Waals surface area contributed by atoms with Crippen molar-refractivity contribution in [2.75, 3.05) is 11.1 Å². The van der Waals surface area contributed by atoms with Crippen LogP contribution in [0.2, 0.25) is 0 Å². The van der Waals surface area contributed by atoms with Crippen molar-refractivity contribution >= 4 is 28.3 Å². The number of amides is 1. The molecule has 0 saturated heterocycles. The summed E-state index contributed by atoms with van der Waals surface area (Å²) in [6.07, 6.45) is 2.66. The minimum Gasteiger partial charge on any atom is -0.383 e. The molecular formula is C21H18FN5O. The minimum absolute atomic E-state index is 0.126. The molecule has 0 aliphatic heterocycles. The van der Waals surface area contributed by atoms with E-state index >= 15 is 0 Å². The van der Waals surface area contributed by atoms with E-state index in [2.05, 4.69) is 21.4 Å². The molecular weight excluding hydrogens is 357 g/mol. The van der Waals surface area contributed by atoms with Crippen LogP contribution in [0, 0.1) is 35.9 Å². The zero-order valence-corrected chi connectivity index (χ0v) is 15.2. The highest BCUT2D eigenvalue weighted by molar-refractivity contribution is 5.98. The Hall–Kier alpha value is -3.53. The van der Waals surface area contributed by atoms with Crippen molar-refractivity contribution < 1.29 is 9.18 Å². The number of aryl methyl sites for hydroxylation is 1. The van der Waals surface area contributed by atoms with E-state index in [0.717, 1.165) is 12.0 Å². The zero-order chi connectivity index (χ0) is 19.8. The fourth-order valence-electron chi connectivity index (χ4n) is 3.46. The number of rotatable bonds is 4. The Balaban J connectivity index is 1.67. The first-order valence-electron chi connectivity index (χ1n) is 8.97. The van der Waals surface area contributed by atoms with Crippen molar-refractivity contribution in [1.82, 2.24) is 9.97 Å². The first kappa shape index (κ1) is 17.9. The van der Waals surface area contributed by atoms with Gasteiger partial charge in [0.15, 0.2) is 0 Å². The van der Waals surface area contributed by atoms with Gasteiger partial charge in [-0.05, 0) is 48.4 Å². The molecule has 0 spiro atoms. The lowest BCUT2D eigenvalue weighted by atomic mass is 10.0. The number of pyridine rings is 2. The predicted molar refractivity (Wildman–Crippen MR) is 105 cm³/mol. The van der Waals surface area contributed by atoms with Gasteiger partial charge in [0.25, 0.3) is 0 Å². The number of hydrogen-bond acceptors (Lipinski definition) is 5. The number of aromatic nitrogens is 2. The maximum absolute atomic E-state index is 14.3. The maximum atomic E-state index is 14.3. The van der Waals surface area contributed by atoms with Gasteiger partial charge in [-0.3, -0.25) is 4.79 Å². The third-order valence-electron chi connectivity index (χ3n) is 5.09. The molecule has 2 atom stereocenters. The molecule has 1 aliphatic carbocycles. The lowest BCUT2D eigenvalue weighted by Crippen LogP contribution is -2.15. The predicted octanol–water partition coefficient (Wildman–Crippen LogP) is 3.81. The van der Waals surface area contributed by atoms with E-state index in [-0.39, 0.29) is 29.4 Å². The van der Waals surface area contributed by atoms with E-state index in [1.807, 2.05) is 13.0 Å².